The fraction of sp³-hybridized carbons (Fsp3) is 0.316. The Morgan fingerprint density at radius 1 is 1.05 bits per heavy atom. The number of aryl methyl sites for hydroxylation is 2. The Labute approximate surface area is 132 Å². The van der Waals surface area contributed by atoms with Crippen molar-refractivity contribution in [1.82, 2.24) is 0 Å². The molecule has 116 valence electrons. The standard InChI is InChI=1S/C19H23NO2/c1-4-10-22-20-13-18-11-16(3)19(12-15(18)2)21-14-17-8-6-5-7-9-17/h5-9,11-13H,4,10,14H2,1-3H3/b20-13+. The summed E-state index contributed by atoms with van der Waals surface area (Å²) in [5.41, 5.74) is 4.44. The summed E-state index contributed by atoms with van der Waals surface area (Å²) in [4.78, 5) is 5.16. The SMILES string of the molecule is CCCO/N=C/c1cc(C)c(OCc2ccccc2)cc1C. The molecule has 2 rings (SSSR count). The highest BCUT2D eigenvalue weighted by Crippen LogP contribution is 2.23. The van der Waals surface area contributed by atoms with Gasteiger partial charge in [-0.3, -0.25) is 0 Å². The lowest BCUT2D eigenvalue weighted by Gasteiger charge is -2.12. The first-order valence-electron chi connectivity index (χ1n) is 7.64. The minimum absolute atomic E-state index is 0.578. The highest BCUT2D eigenvalue weighted by atomic mass is 16.6. The third-order valence-electron chi connectivity index (χ3n) is 3.36. The summed E-state index contributed by atoms with van der Waals surface area (Å²) >= 11 is 0. The lowest BCUT2D eigenvalue weighted by Crippen LogP contribution is -1.99. The van der Waals surface area contributed by atoms with Crippen LogP contribution in [0.3, 0.4) is 0 Å². The Morgan fingerprint density at radius 3 is 2.55 bits per heavy atom. The van der Waals surface area contributed by atoms with Crippen LogP contribution in [0.1, 0.15) is 35.6 Å². The summed E-state index contributed by atoms with van der Waals surface area (Å²) in [7, 11) is 0. The van der Waals surface area contributed by atoms with Crippen molar-refractivity contribution in [2.24, 2.45) is 5.16 Å². The van der Waals surface area contributed by atoms with Crippen LogP contribution in [0.25, 0.3) is 0 Å². The van der Waals surface area contributed by atoms with Crippen molar-refractivity contribution in [3.8, 4) is 5.75 Å². The molecule has 0 bridgehead atoms. The molecule has 0 saturated carbocycles. The molecule has 2 aromatic rings. The van der Waals surface area contributed by atoms with Gasteiger partial charge in [0.15, 0.2) is 0 Å². The van der Waals surface area contributed by atoms with E-state index in [-0.39, 0.29) is 0 Å². The van der Waals surface area contributed by atoms with Crippen molar-refractivity contribution < 1.29 is 9.57 Å². The lowest BCUT2D eigenvalue weighted by molar-refractivity contribution is 0.146. The zero-order chi connectivity index (χ0) is 15.8. The highest BCUT2D eigenvalue weighted by Gasteiger charge is 2.05. The minimum atomic E-state index is 0.578. The molecule has 0 spiro atoms. The largest absolute Gasteiger partial charge is 0.489 e. The van der Waals surface area contributed by atoms with Gasteiger partial charge in [0, 0.05) is 0 Å². The van der Waals surface area contributed by atoms with Gasteiger partial charge in [0.05, 0.1) is 6.21 Å². The molecule has 2 aromatic carbocycles. The molecule has 0 fully saturated rings. The van der Waals surface area contributed by atoms with Crippen LogP contribution in [0.5, 0.6) is 5.75 Å². The maximum absolute atomic E-state index is 5.93. The molecule has 0 atom stereocenters. The first-order valence-corrected chi connectivity index (χ1v) is 7.64. The van der Waals surface area contributed by atoms with Crippen LogP contribution in [0.2, 0.25) is 0 Å². The van der Waals surface area contributed by atoms with E-state index in [0.717, 1.165) is 34.4 Å². The van der Waals surface area contributed by atoms with Crippen LogP contribution in [-0.2, 0) is 11.4 Å². The Bertz CT molecular complexity index is 621. The molecule has 0 amide bonds. The molecule has 0 saturated heterocycles. The second-order valence-corrected chi connectivity index (χ2v) is 5.32. The van der Waals surface area contributed by atoms with E-state index < -0.39 is 0 Å². The van der Waals surface area contributed by atoms with Crippen LogP contribution in [-0.4, -0.2) is 12.8 Å². The first kappa shape index (κ1) is 16.1. The van der Waals surface area contributed by atoms with Crippen molar-refractivity contribution in [2.45, 2.75) is 33.8 Å². The van der Waals surface area contributed by atoms with Crippen molar-refractivity contribution in [2.75, 3.05) is 6.61 Å². The Kier molecular flexibility index (Phi) is 6.01. The summed E-state index contributed by atoms with van der Waals surface area (Å²) in [6.07, 6.45) is 2.72. The van der Waals surface area contributed by atoms with E-state index in [4.69, 9.17) is 9.57 Å². The molecule has 0 heterocycles. The number of nitrogens with zero attached hydrogens (tertiary/aromatic N) is 1. The summed E-state index contributed by atoms with van der Waals surface area (Å²) in [6, 6.07) is 14.3. The normalized spacial score (nSPS) is 10.9. The van der Waals surface area contributed by atoms with Gasteiger partial charge < -0.3 is 9.57 Å². The maximum atomic E-state index is 5.93. The molecule has 0 N–H and O–H groups in total. The molecule has 3 heteroatoms. The second-order valence-electron chi connectivity index (χ2n) is 5.32. The van der Waals surface area contributed by atoms with Gasteiger partial charge in [-0.05, 0) is 54.7 Å². The van der Waals surface area contributed by atoms with Crippen LogP contribution >= 0.6 is 0 Å². The fourth-order valence-electron chi connectivity index (χ4n) is 2.08. The number of oxime groups is 1. The van der Waals surface area contributed by atoms with Crippen LogP contribution in [0.4, 0.5) is 0 Å². The van der Waals surface area contributed by atoms with E-state index in [1.54, 1.807) is 6.21 Å². The van der Waals surface area contributed by atoms with Crippen molar-refractivity contribution >= 4 is 6.21 Å². The predicted molar refractivity (Wildman–Crippen MR) is 90.5 cm³/mol. The van der Waals surface area contributed by atoms with Crippen molar-refractivity contribution in [3.63, 3.8) is 0 Å². The lowest BCUT2D eigenvalue weighted by atomic mass is 10.1. The van der Waals surface area contributed by atoms with Crippen LogP contribution in [0.15, 0.2) is 47.6 Å². The second kappa shape index (κ2) is 8.23. The summed E-state index contributed by atoms with van der Waals surface area (Å²) in [5, 5.41) is 3.99. The molecule has 0 aromatic heterocycles. The Balaban J connectivity index is 2.04. The van der Waals surface area contributed by atoms with Crippen LogP contribution < -0.4 is 4.74 Å². The third kappa shape index (κ3) is 4.62. The first-order chi connectivity index (χ1) is 10.7. The van der Waals surface area contributed by atoms with E-state index in [1.165, 1.54) is 0 Å². The zero-order valence-electron chi connectivity index (χ0n) is 13.5. The van der Waals surface area contributed by atoms with Gasteiger partial charge in [-0.1, -0.05) is 42.4 Å². The molecule has 0 aliphatic carbocycles. The minimum Gasteiger partial charge on any atom is -0.489 e. The number of hydrogen-bond acceptors (Lipinski definition) is 3. The molecule has 22 heavy (non-hydrogen) atoms. The summed E-state index contributed by atoms with van der Waals surface area (Å²) < 4.78 is 5.93. The van der Waals surface area contributed by atoms with E-state index in [9.17, 15) is 0 Å². The molecular weight excluding hydrogens is 274 g/mol. The quantitative estimate of drug-likeness (QED) is 0.423. The Morgan fingerprint density at radius 2 is 1.82 bits per heavy atom. The molecule has 3 nitrogen and oxygen atoms in total. The van der Waals surface area contributed by atoms with Gasteiger partial charge in [-0.2, -0.15) is 0 Å². The smallest absolute Gasteiger partial charge is 0.123 e. The van der Waals surface area contributed by atoms with Crippen LogP contribution in [0, 0.1) is 13.8 Å². The molecule has 0 aliphatic rings. The zero-order valence-corrected chi connectivity index (χ0v) is 13.5. The molecule has 0 unspecified atom stereocenters. The molecular formula is C19H23NO2. The van der Waals surface area contributed by atoms with Crippen molar-refractivity contribution in [3.05, 3.63) is 64.7 Å². The summed E-state index contributed by atoms with van der Waals surface area (Å²) in [5.74, 6) is 0.910. The fourth-order valence-corrected chi connectivity index (χ4v) is 2.08. The monoisotopic (exact) mass is 297 g/mol. The van der Waals surface area contributed by atoms with Gasteiger partial charge in [0.1, 0.15) is 19.0 Å². The summed E-state index contributed by atoms with van der Waals surface area (Å²) in [6.45, 7) is 7.38. The molecule has 0 aliphatic heterocycles. The highest BCUT2D eigenvalue weighted by molar-refractivity contribution is 5.82. The van der Waals surface area contributed by atoms with Gasteiger partial charge in [0.25, 0.3) is 0 Å². The number of hydrogen-bond donors (Lipinski definition) is 0. The molecule has 0 radical (unpaired) electrons. The van der Waals surface area contributed by atoms with Crippen molar-refractivity contribution in [1.29, 1.82) is 0 Å². The average Bonchev–Trinajstić information content (AvgIpc) is 2.54. The number of rotatable bonds is 7. The number of ether oxygens (including phenoxy) is 1. The number of benzene rings is 2. The average molecular weight is 297 g/mol. The van der Waals surface area contributed by atoms with Gasteiger partial charge in [-0.15, -0.1) is 0 Å². The van der Waals surface area contributed by atoms with E-state index in [1.807, 2.05) is 25.1 Å². The van der Waals surface area contributed by atoms with Gasteiger partial charge in [0.2, 0.25) is 0 Å². The maximum Gasteiger partial charge on any atom is 0.123 e. The predicted octanol–water partition coefficient (Wildman–Crippen LogP) is 4.64. The van der Waals surface area contributed by atoms with E-state index >= 15 is 0 Å². The topological polar surface area (TPSA) is 30.8 Å². The van der Waals surface area contributed by atoms with Gasteiger partial charge in [-0.25, -0.2) is 0 Å². The van der Waals surface area contributed by atoms with E-state index in [0.29, 0.717) is 13.2 Å². The van der Waals surface area contributed by atoms with E-state index in [2.05, 4.69) is 43.3 Å². The van der Waals surface area contributed by atoms with Gasteiger partial charge >= 0.3 is 0 Å². The third-order valence-corrected chi connectivity index (χ3v) is 3.36. The Hall–Kier alpha value is -2.29.